The van der Waals surface area contributed by atoms with Gasteiger partial charge in [0, 0.05) is 0 Å². The predicted molar refractivity (Wildman–Crippen MR) is 88.6 cm³/mol. The normalized spacial score (nSPS) is 35.2. The Balaban J connectivity index is 1.60. The average molecular weight is 327 g/mol. The molecule has 0 unspecified atom stereocenters. The minimum absolute atomic E-state index is 0.00427. The molecular weight excluding hydrogens is 306 g/mol. The van der Waals surface area contributed by atoms with Crippen LogP contribution >= 0.6 is 0 Å². The maximum Gasteiger partial charge on any atom is 0.307 e. The second kappa shape index (κ2) is 5.65. The molecule has 2 bridgehead atoms. The fraction of sp³-hybridized carbons (Fsp3) is 0.474. The van der Waals surface area contributed by atoms with Crippen molar-refractivity contribution in [3.05, 3.63) is 36.4 Å². The van der Waals surface area contributed by atoms with Crippen molar-refractivity contribution in [1.29, 1.82) is 0 Å². The van der Waals surface area contributed by atoms with Gasteiger partial charge in [-0.2, -0.15) is 0 Å². The Morgan fingerprint density at radius 1 is 1.17 bits per heavy atom. The van der Waals surface area contributed by atoms with Gasteiger partial charge in [0.25, 0.3) is 0 Å². The first-order valence-corrected chi connectivity index (χ1v) is 8.55. The standard InChI is InChI=1S/C19H21NO4/c1-2-24-15-6-4-3-5-14(15)20-18(21)16-10-7-8-11(13-9-12(10)13)17(16)19(22)23/h3-8,10-13,16-17H,2,9H2,1H3,(H,20,21)(H,22,23)/t10-,11-,12-,13-,16-,17+/m1/s1. The molecule has 5 rings (SSSR count). The molecule has 4 aliphatic carbocycles. The van der Waals surface area contributed by atoms with Gasteiger partial charge >= 0.3 is 5.97 Å². The number of para-hydroxylation sites is 2. The van der Waals surface area contributed by atoms with Crippen LogP contribution in [0.4, 0.5) is 5.69 Å². The lowest BCUT2D eigenvalue weighted by Gasteiger charge is -2.41. The molecule has 0 aromatic heterocycles. The third kappa shape index (κ3) is 2.30. The maximum atomic E-state index is 12.9. The van der Waals surface area contributed by atoms with Gasteiger partial charge in [-0.05, 0) is 49.1 Å². The molecule has 0 heterocycles. The largest absolute Gasteiger partial charge is 0.492 e. The first-order chi connectivity index (χ1) is 11.6. The molecule has 126 valence electrons. The number of amides is 1. The van der Waals surface area contributed by atoms with E-state index in [2.05, 4.69) is 11.4 Å². The highest BCUT2D eigenvalue weighted by Crippen LogP contribution is 2.63. The van der Waals surface area contributed by atoms with Crippen molar-refractivity contribution < 1.29 is 19.4 Å². The zero-order valence-electron chi connectivity index (χ0n) is 13.5. The van der Waals surface area contributed by atoms with Gasteiger partial charge in [0.15, 0.2) is 0 Å². The minimum atomic E-state index is -0.863. The van der Waals surface area contributed by atoms with Gasteiger partial charge in [-0.25, -0.2) is 0 Å². The Morgan fingerprint density at radius 2 is 1.83 bits per heavy atom. The number of ether oxygens (including phenoxy) is 1. The van der Waals surface area contributed by atoms with Gasteiger partial charge in [0.2, 0.25) is 5.91 Å². The van der Waals surface area contributed by atoms with E-state index in [-0.39, 0.29) is 17.7 Å². The van der Waals surface area contributed by atoms with E-state index in [0.29, 0.717) is 29.9 Å². The van der Waals surface area contributed by atoms with Crippen LogP contribution in [0, 0.1) is 35.5 Å². The summed E-state index contributed by atoms with van der Waals surface area (Å²) in [5, 5.41) is 12.6. The van der Waals surface area contributed by atoms with E-state index in [0.717, 1.165) is 6.42 Å². The lowest BCUT2D eigenvalue weighted by atomic mass is 9.62. The van der Waals surface area contributed by atoms with Crippen molar-refractivity contribution in [2.75, 3.05) is 11.9 Å². The van der Waals surface area contributed by atoms with E-state index in [1.807, 2.05) is 25.1 Å². The molecule has 0 saturated heterocycles. The van der Waals surface area contributed by atoms with Crippen LogP contribution in [0.1, 0.15) is 13.3 Å². The van der Waals surface area contributed by atoms with Crippen LogP contribution in [-0.2, 0) is 9.59 Å². The van der Waals surface area contributed by atoms with Crippen LogP contribution in [0.25, 0.3) is 0 Å². The highest BCUT2D eigenvalue weighted by Gasteiger charge is 2.63. The Hall–Kier alpha value is -2.30. The van der Waals surface area contributed by atoms with Gasteiger partial charge in [-0.15, -0.1) is 0 Å². The molecule has 5 nitrogen and oxygen atoms in total. The van der Waals surface area contributed by atoms with Crippen molar-refractivity contribution in [2.45, 2.75) is 13.3 Å². The monoisotopic (exact) mass is 327 g/mol. The molecule has 0 aliphatic heterocycles. The van der Waals surface area contributed by atoms with Gasteiger partial charge in [-0.3, -0.25) is 9.59 Å². The van der Waals surface area contributed by atoms with Crippen molar-refractivity contribution >= 4 is 17.6 Å². The van der Waals surface area contributed by atoms with Gasteiger partial charge in [-0.1, -0.05) is 24.3 Å². The highest BCUT2D eigenvalue weighted by molar-refractivity contribution is 5.97. The average Bonchev–Trinajstić information content (AvgIpc) is 3.38. The number of carboxylic acid groups (broad SMARTS) is 1. The number of carboxylic acids is 1. The number of carbonyl (C=O) groups excluding carboxylic acids is 1. The van der Waals surface area contributed by atoms with Crippen LogP contribution in [0.15, 0.2) is 36.4 Å². The molecule has 0 radical (unpaired) electrons. The lowest BCUT2D eigenvalue weighted by molar-refractivity contribution is -0.152. The summed E-state index contributed by atoms with van der Waals surface area (Å²) in [6.45, 7) is 2.39. The molecule has 1 amide bonds. The summed E-state index contributed by atoms with van der Waals surface area (Å²) in [4.78, 5) is 24.7. The summed E-state index contributed by atoms with van der Waals surface area (Å²) in [5.74, 6) is -0.609. The summed E-state index contributed by atoms with van der Waals surface area (Å²) in [5.41, 5.74) is 0.603. The number of anilines is 1. The molecule has 2 fully saturated rings. The zero-order valence-corrected chi connectivity index (χ0v) is 13.5. The smallest absolute Gasteiger partial charge is 0.307 e. The number of carbonyl (C=O) groups is 2. The number of aliphatic carboxylic acids is 1. The Morgan fingerprint density at radius 3 is 2.50 bits per heavy atom. The number of benzene rings is 1. The van der Waals surface area contributed by atoms with Crippen molar-refractivity contribution in [3.63, 3.8) is 0 Å². The SMILES string of the molecule is CCOc1ccccc1NC(=O)[C@@H]1[C@@H]2C=C[C@H]([C@H]3C[C@H]23)[C@@H]1C(=O)O. The van der Waals surface area contributed by atoms with E-state index < -0.39 is 17.8 Å². The fourth-order valence-corrected chi connectivity index (χ4v) is 4.64. The number of fused-ring (bicyclic) bond motifs is 1. The fourth-order valence-electron chi connectivity index (χ4n) is 4.64. The lowest BCUT2D eigenvalue weighted by Crippen LogP contribution is -2.48. The number of hydrogen-bond acceptors (Lipinski definition) is 3. The molecular formula is C19H21NO4. The Labute approximate surface area is 140 Å². The number of rotatable bonds is 5. The van der Waals surface area contributed by atoms with E-state index in [1.54, 1.807) is 12.1 Å². The maximum absolute atomic E-state index is 12.9. The number of hydrogen-bond donors (Lipinski definition) is 2. The van der Waals surface area contributed by atoms with Crippen molar-refractivity contribution in [2.24, 2.45) is 35.5 Å². The van der Waals surface area contributed by atoms with E-state index in [1.165, 1.54) is 0 Å². The first kappa shape index (κ1) is 15.2. The van der Waals surface area contributed by atoms with E-state index in [4.69, 9.17) is 4.74 Å². The summed E-state index contributed by atoms with van der Waals surface area (Å²) >= 11 is 0. The third-order valence-electron chi connectivity index (χ3n) is 5.68. The molecule has 1 aromatic carbocycles. The second-order valence-corrected chi connectivity index (χ2v) is 6.91. The predicted octanol–water partition coefficient (Wildman–Crippen LogP) is 2.79. The summed E-state index contributed by atoms with van der Waals surface area (Å²) in [6, 6.07) is 7.27. The molecule has 4 aliphatic rings. The molecule has 6 atom stereocenters. The molecule has 2 N–H and O–H groups in total. The van der Waals surface area contributed by atoms with E-state index >= 15 is 0 Å². The van der Waals surface area contributed by atoms with Crippen molar-refractivity contribution in [3.8, 4) is 5.75 Å². The zero-order chi connectivity index (χ0) is 16.8. The number of allylic oxidation sites excluding steroid dienone is 2. The second-order valence-electron chi connectivity index (χ2n) is 6.91. The summed E-state index contributed by atoms with van der Waals surface area (Å²) < 4.78 is 5.55. The van der Waals surface area contributed by atoms with E-state index in [9.17, 15) is 14.7 Å². The molecule has 1 aromatic rings. The Kier molecular flexibility index (Phi) is 3.59. The summed E-state index contributed by atoms with van der Waals surface area (Å²) in [6.07, 6.45) is 5.14. The number of nitrogens with one attached hydrogen (secondary N) is 1. The third-order valence-corrected chi connectivity index (χ3v) is 5.68. The summed E-state index contributed by atoms with van der Waals surface area (Å²) in [7, 11) is 0. The van der Waals surface area contributed by atoms with Crippen LogP contribution in [-0.4, -0.2) is 23.6 Å². The quantitative estimate of drug-likeness (QED) is 0.816. The molecule has 0 spiro atoms. The minimum Gasteiger partial charge on any atom is -0.492 e. The van der Waals surface area contributed by atoms with Crippen LogP contribution in [0.5, 0.6) is 5.75 Å². The van der Waals surface area contributed by atoms with Gasteiger partial charge in [0.05, 0.1) is 24.1 Å². The van der Waals surface area contributed by atoms with Gasteiger partial charge in [0.1, 0.15) is 5.75 Å². The van der Waals surface area contributed by atoms with Gasteiger partial charge < -0.3 is 15.2 Å². The Bertz CT molecular complexity index is 713. The molecule has 2 saturated carbocycles. The topological polar surface area (TPSA) is 75.6 Å². The molecule has 5 heteroatoms. The molecule has 24 heavy (non-hydrogen) atoms. The van der Waals surface area contributed by atoms with Crippen LogP contribution in [0.2, 0.25) is 0 Å². The highest BCUT2D eigenvalue weighted by atomic mass is 16.5. The van der Waals surface area contributed by atoms with Crippen LogP contribution in [0.3, 0.4) is 0 Å². The van der Waals surface area contributed by atoms with Crippen LogP contribution < -0.4 is 10.1 Å². The first-order valence-electron chi connectivity index (χ1n) is 8.55. The van der Waals surface area contributed by atoms with Crippen molar-refractivity contribution in [1.82, 2.24) is 0 Å².